The second kappa shape index (κ2) is 9.74. The minimum atomic E-state index is -3.47. The molecule has 1 aliphatic rings. The molecular weight excluding hydrogens is 408 g/mol. The average molecular weight is 435 g/mol. The van der Waals surface area contributed by atoms with Gasteiger partial charge >= 0.3 is 0 Å². The Bertz CT molecular complexity index is 939. The van der Waals surface area contributed by atoms with Crippen molar-refractivity contribution in [3.05, 3.63) is 64.7 Å². The topological polar surface area (TPSA) is 66.5 Å². The highest BCUT2D eigenvalue weighted by Crippen LogP contribution is 2.26. The summed E-state index contributed by atoms with van der Waals surface area (Å²) in [5.41, 5.74) is 2.06. The van der Waals surface area contributed by atoms with Crippen molar-refractivity contribution in [1.82, 2.24) is 10.2 Å². The number of nitrogens with one attached hydrogen (secondary N) is 1. The van der Waals surface area contributed by atoms with Gasteiger partial charge in [-0.1, -0.05) is 41.4 Å². The number of benzene rings is 2. The van der Waals surface area contributed by atoms with Crippen LogP contribution < -0.4 is 5.32 Å². The second-order valence-corrected chi connectivity index (χ2v) is 10.0. The van der Waals surface area contributed by atoms with Crippen LogP contribution in [0.1, 0.15) is 36.4 Å². The molecule has 0 aromatic heterocycles. The summed E-state index contributed by atoms with van der Waals surface area (Å²) in [4.78, 5) is 15.0. The maximum atomic E-state index is 12.5. The molecule has 1 saturated heterocycles. The van der Waals surface area contributed by atoms with Crippen LogP contribution in [0, 0.1) is 6.92 Å². The molecule has 0 radical (unpaired) electrons. The highest BCUT2D eigenvalue weighted by molar-refractivity contribution is 7.91. The van der Waals surface area contributed by atoms with Gasteiger partial charge in [-0.05, 0) is 62.7 Å². The molecule has 3 rings (SSSR count). The summed E-state index contributed by atoms with van der Waals surface area (Å²) in [6.07, 6.45) is 2.22. The molecule has 1 aliphatic heterocycles. The molecule has 0 aliphatic carbocycles. The molecule has 1 unspecified atom stereocenters. The van der Waals surface area contributed by atoms with Crippen molar-refractivity contribution >= 4 is 27.3 Å². The lowest BCUT2D eigenvalue weighted by atomic mass is 10.1. The standard InChI is InChI=1S/C22H27ClN2O3S/c1-17-7-9-20(10-8-17)29(27,28)14-11-22(26)24-16-21(25-12-2-3-13-25)18-5-4-6-19(23)15-18/h4-10,15,21H,2-3,11-14,16H2,1H3,(H,24,26). The molecule has 2 aromatic rings. The number of hydrogen-bond donors (Lipinski definition) is 1. The monoisotopic (exact) mass is 434 g/mol. The van der Waals surface area contributed by atoms with E-state index in [9.17, 15) is 13.2 Å². The van der Waals surface area contributed by atoms with E-state index in [1.165, 1.54) is 0 Å². The lowest BCUT2D eigenvalue weighted by Crippen LogP contribution is -2.37. The van der Waals surface area contributed by atoms with Crippen LogP contribution in [0.15, 0.2) is 53.4 Å². The molecule has 29 heavy (non-hydrogen) atoms. The Hall–Kier alpha value is -1.89. The summed E-state index contributed by atoms with van der Waals surface area (Å²) < 4.78 is 24.9. The Balaban J connectivity index is 1.59. The van der Waals surface area contributed by atoms with Crippen molar-refractivity contribution in [2.24, 2.45) is 0 Å². The zero-order valence-electron chi connectivity index (χ0n) is 16.6. The molecule has 7 heteroatoms. The van der Waals surface area contributed by atoms with Gasteiger partial charge in [0, 0.05) is 18.0 Å². The van der Waals surface area contributed by atoms with Crippen LogP contribution in [0.5, 0.6) is 0 Å². The number of hydrogen-bond acceptors (Lipinski definition) is 4. The Morgan fingerprint density at radius 2 is 1.83 bits per heavy atom. The molecule has 0 saturated carbocycles. The van der Waals surface area contributed by atoms with Gasteiger partial charge < -0.3 is 5.32 Å². The normalized spacial score (nSPS) is 15.9. The van der Waals surface area contributed by atoms with Crippen LogP contribution in [0.3, 0.4) is 0 Å². The number of nitrogens with zero attached hydrogens (tertiary/aromatic N) is 1. The number of carbonyl (C=O) groups excluding carboxylic acids is 1. The van der Waals surface area contributed by atoms with Crippen LogP contribution >= 0.6 is 11.6 Å². The van der Waals surface area contributed by atoms with Gasteiger partial charge in [-0.3, -0.25) is 9.69 Å². The maximum absolute atomic E-state index is 12.5. The van der Waals surface area contributed by atoms with Crippen molar-refractivity contribution in [1.29, 1.82) is 0 Å². The second-order valence-electron chi connectivity index (χ2n) is 7.50. The van der Waals surface area contributed by atoms with E-state index in [4.69, 9.17) is 11.6 Å². The van der Waals surface area contributed by atoms with Crippen LogP contribution in [-0.4, -0.2) is 44.6 Å². The summed E-state index contributed by atoms with van der Waals surface area (Å²) in [6.45, 7) is 4.30. The van der Waals surface area contributed by atoms with Gasteiger partial charge in [-0.25, -0.2) is 8.42 Å². The van der Waals surface area contributed by atoms with Crippen molar-refractivity contribution < 1.29 is 13.2 Å². The highest BCUT2D eigenvalue weighted by atomic mass is 35.5. The zero-order valence-corrected chi connectivity index (χ0v) is 18.2. The first-order chi connectivity index (χ1) is 13.8. The van der Waals surface area contributed by atoms with E-state index >= 15 is 0 Å². The number of sulfone groups is 1. The fourth-order valence-corrected chi connectivity index (χ4v) is 5.05. The van der Waals surface area contributed by atoms with E-state index in [0.29, 0.717) is 11.6 Å². The summed E-state index contributed by atoms with van der Waals surface area (Å²) in [5.74, 6) is -0.458. The first kappa shape index (κ1) is 21.8. The lowest BCUT2D eigenvalue weighted by Gasteiger charge is -2.28. The SMILES string of the molecule is Cc1ccc(S(=O)(=O)CCC(=O)NCC(c2cccc(Cl)c2)N2CCCC2)cc1. The van der Waals surface area contributed by atoms with Gasteiger partial charge in [-0.2, -0.15) is 0 Å². The Labute approximate surface area is 178 Å². The predicted molar refractivity (Wildman–Crippen MR) is 116 cm³/mol. The van der Waals surface area contributed by atoms with Gasteiger partial charge in [0.25, 0.3) is 0 Å². The fraction of sp³-hybridized carbons (Fsp3) is 0.409. The van der Waals surface area contributed by atoms with E-state index in [1.54, 1.807) is 24.3 Å². The number of carbonyl (C=O) groups is 1. The van der Waals surface area contributed by atoms with E-state index in [0.717, 1.165) is 37.1 Å². The van der Waals surface area contributed by atoms with Crippen LogP contribution in [0.2, 0.25) is 5.02 Å². The van der Waals surface area contributed by atoms with Gasteiger partial charge in [0.1, 0.15) is 0 Å². The van der Waals surface area contributed by atoms with Crippen LogP contribution in [0.4, 0.5) is 0 Å². The van der Waals surface area contributed by atoms with Crippen molar-refractivity contribution in [2.45, 2.75) is 37.1 Å². The predicted octanol–water partition coefficient (Wildman–Crippen LogP) is 3.77. The first-order valence-corrected chi connectivity index (χ1v) is 11.9. The molecule has 2 aromatic carbocycles. The summed E-state index contributed by atoms with van der Waals surface area (Å²) in [7, 11) is -3.47. The van der Waals surface area contributed by atoms with Crippen molar-refractivity contribution in [3.8, 4) is 0 Å². The fourth-order valence-electron chi connectivity index (χ4n) is 3.61. The molecule has 0 bridgehead atoms. The Kier molecular flexibility index (Phi) is 7.33. The van der Waals surface area contributed by atoms with Gasteiger partial charge in [-0.15, -0.1) is 0 Å². The molecule has 1 fully saturated rings. The number of halogens is 1. The molecule has 1 amide bonds. The maximum Gasteiger partial charge on any atom is 0.221 e. The molecule has 156 valence electrons. The Morgan fingerprint density at radius 1 is 1.14 bits per heavy atom. The summed E-state index contributed by atoms with van der Waals surface area (Å²) in [6, 6.07) is 14.4. The number of amides is 1. The minimum Gasteiger partial charge on any atom is -0.354 e. The molecule has 0 spiro atoms. The van der Waals surface area contributed by atoms with E-state index in [2.05, 4.69) is 10.2 Å². The van der Waals surface area contributed by atoms with Crippen LogP contribution in [-0.2, 0) is 14.6 Å². The first-order valence-electron chi connectivity index (χ1n) is 9.91. The number of rotatable bonds is 8. The number of likely N-dealkylation sites (tertiary alicyclic amines) is 1. The highest BCUT2D eigenvalue weighted by Gasteiger charge is 2.24. The van der Waals surface area contributed by atoms with Crippen molar-refractivity contribution in [2.75, 3.05) is 25.4 Å². The van der Waals surface area contributed by atoms with Gasteiger partial charge in [0.05, 0.1) is 16.7 Å². The molecular formula is C22H27ClN2O3S. The lowest BCUT2D eigenvalue weighted by molar-refractivity contribution is -0.120. The third-order valence-corrected chi connectivity index (χ3v) is 7.25. The molecule has 1 N–H and O–H groups in total. The zero-order chi connectivity index (χ0) is 20.9. The summed E-state index contributed by atoms with van der Waals surface area (Å²) in [5, 5.41) is 3.59. The smallest absolute Gasteiger partial charge is 0.221 e. The Morgan fingerprint density at radius 3 is 2.48 bits per heavy atom. The van der Waals surface area contributed by atoms with E-state index < -0.39 is 9.84 Å². The van der Waals surface area contributed by atoms with Crippen molar-refractivity contribution in [3.63, 3.8) is 0 Å². The molecule has 1 atom stereocenters. The third-order valence-electron chi connectivity index (χ3n) is 5.29. The minimum absolute atomic E-state index is 0.0360. The quantitative estimate of drug-likeness (QED) is 0.686. The largest absolute Gasteiger partial charge is 0.354 e. The van der Waals surface area contributed by atoms with Gasteiger partial charge in [0.15, 0.2) is 9.84 Å². The van der Waals surface area contributed by atoms with Gasteiger partial charge in [0.2, 0.25) is 5.91 Å². The average Bonchev–Trinajstić information content (AvgIpc) is 3.21. The molecule has 5 nitrogen and oxygen atoms in total. The third kappa shape index (κ3) is 6.04. The molecule has 1 heterocycles. The van der Waals surface area contributed by atoms with Crippen LogP contribution in [0.25, 0.3) is 0 Å². The van der Waals surface area contributed by atoms with E-state index in [-0.39, 0.29) is 29.0 Å². The number of aryl methyl sites for hydroxylation is 1. The summed E-state index contributed by atoms with van der Waals surface area (Å²) >= 11 is 6.15. The van der Waals surface area contributed by atoms with E-state index in [1.807, 2.05) is 31.2 Å².